The molecule has 0 bridgehead atoms. The van der Waals surface area contributed by atoms with E-state index in [0.717, 1.165) is 48.2 Å². The van der Waals surface area contributed by atoms with Gasteiger partial charge in [-0.15, -0.1) is 0 Å². The molecule has 0 aliphatic carbocycles. The fraction of sp³-hybridized carbons (Fsp3) is 0.567. The third kappa shape index (κ3) is 34.8. The van der Waals surface area contributed by atoms with Crippen molar-refractivity contribution >= 4 is 161 Å². The number of nitrogens with two attached hydrogens (primary N) is 1. The molecule has 0 spiro atoms. The second-order valence-corrected chi connectivity index (χ2v) is 32.7. The van der Waals surface area contributed by atoms with Crippen LogP contribution in [0.4, 0.5) is 0 Å². The topological polar surface area (TPSA) is 257 Å². The first-order valence-electron chi connectivity index (χ1n) is 29.4. The number of rotatable bonds is 18. The van der Waals surface area contributed by atoms with Crippen molar-refractivity contribution in [3.8, 4) is 17.2 Å². The van der Waals surface area contributed by atoms with E-state index in [2.05, 4.69) is 124 Å². The average molecular weight is 1900 g/mol. The van der Waals surface area contributed by atoms with Crippen molar-refractivity contribution in [3.63, 3.8) is 0 Å². The molecule has 8 rings (SSSR count). The molecule has 4 aliphatic heterocycles. The van der Waals surface area contributed by atoms with Crippen molar-refractivity contribution in [3.05, 3.63) is 126 Å². The van der Waals surface area contributed by atoms with Crippen LogP contribution in [0.15, 0.2) is 86.1 Å². The van der Waals surface area contributed by atoms with Crippen LogP contribution >= 0.6 is 90.4 Å². The third-order valence-electron chi connectivity index (χ3n) is 13.1. The van der Waals surface area contributed by atoms with Gasteiger partial charge in [-0.3, -0.25) is 21.3 Å². The Labute approximate surface area is 657 Å². The molecule has 98 heavy (non-hydrogen) atoms. The molecule has 31 heteroatoms. The molecule has 0 saturated carbocycles. The van der Waals surface area contributed by atoms with E-state index in [-0.39, 0.29) is 69.7 Å². The summed E-state index contributed by atoms with van der Waals surface area (Å²) in [6, 6.07) is 23.3. The predicted molar refractivity (Wildman–Crippen MR) is 425 cm³/mol. The zero-order chi connectivity index (χ0) is 71.8. The predicted octanol–water partition coefficient (Wildman–Crippen LogP) is 13.3. The summed E-state index contributed by atoms with van der Waals surface area (Å²) in [5.41, 5.74) is 15.9. The molecule has 0 aromatic heterocycles. The Bertz CT molecular complexity index is 3130. The maximum absolute atomic E-state index is 12.6. The average Bonchev–Trinajstić information content (AvgIpc) is 0.773. The maximum atomic E-state index is 12.6. The van der Waals surface area contributed by atoms with Gasteiger partial charge in [0.25, 0.3) is 0 Å². The van der Waals surface area contributed by atoms with E-state index in [0.29, 0.717) is 84.2 Å². The monoisotopic (exact) mass is 1890 g/mol. The molecule has 3 atom stereocenters. The van der Waals surface area contributed by atoms with Crippen LogP contribution in [0.3, 0.4) is 0 Å². The summed E-state index contributed by atoms with van der Waals surface area (Å²) < 4.78 is 101. The van der Waals surface area contributed by atoms with Crippen molar-refractivity contribution in [2.45, 2.75) is 156 Å². The van der Waals surface area contributed by atoms with Gasteiger partial charge < -0.3 is 53.1 Å². The quantitative estimate of drug-likeness (QED) is 0.0275. The molecule has 4 fully saturated rings. The van der Waals surface area contributed by atoms with Crippen molar-refractivity contribution in [1.29, 1.82) is 0 Å². The Hall–Kier alpha value is -1.95. The number of carbonyl (C=O) groups is 3. The number of hydrogen-bond donors (Lipinski definition) is 3. The first-order valence-corrected chi connectivity index (χ1v) is 43.7. The van der Waals surface area contributed by atoms with Gasteiger partial charge >= 0.3 is 41.9 Å². The normalized spacial score (nSPS) is 15.4. The number of carbonyl (C=O) groups excluding carboxylic acids is 3. The van der Waals surface area contributed by atoms with Crippen molar-refractivity contribution < 1.29 is 90.7 Å². The van der Waals surface area contributed by atoms with E-state index in [9.17, 15) is 27.0 Å². The van der Waals surface area contributed by atoms with Crippen LogP contribution in [0.1, 0.15) is 139 Å². The summed E-state index contributed by atoms with van der Waals surface area (Å²) in [5.74, 6) is 1.12. The van der Waals surface area contributed by atoms with Crippen LogP contribution in [0, 0.1) is 17.4 Å². The summed E-state index contributed by atoms with van der Waals surface area (Å²) in [5, 5.41) is 0. The molecule has 0 amide bonds. The number of benzene rings is 4. The SMILES string of the molecule is C.C.C.CC(C)(C)S(=O)N=C1COC1.CCOC(=O)Cc1ccc(C2(N)COC2)c(OC)c1.CCOC(=O)Cc1ccc(C2(NS(=O)C(C)(C)C)COC2)c(OC)c1.COc1cc(Br)ccc1C1(NS(=O)C(C)(C)C)COC1.Cc1cc(Br)ccc1I.[B].[B]I.[CH2-]C(=O)OCC.[Zn+][Br]. The van der Waals surface area contributed by atoms with Crippen LogP contribution in [0.25, 0.3) is 0 Å². The van der Waals surface area contributed by atoms with Crippen molar-refractivity contribution in [2.75, 3.05) is 94.0 Å². The molecular weight excluding hydrogens is 1790 g/mol. The van der Waals surface area contributed by atoms with E-state index in [1.807, 2.05) is 117 Å². The number of nitrogens with zero attached hydrogens (tertiary/aromatic N) is 1. The first-order chi connectivity index (χ1) is 44.1. The van der Waals surface area contributed by atoms with Gasteiger partial charge in [-0.2, -0.15) is 26.8 Å². The number of halogens is 5. The second kappa shape index (κ2) is 50.5. The van der Waals surface area contributed by atoms with Gasteiger partial charge in [0.05, 0.1) is 154 Å². The number of ether oxygens (including phenoxy) is 10. The first kappa shape index (κ1) is 102. The van der Waals surface area contributed by atoms with Gasteiger partial charge in [-0.25, -0.2) is 22.1 Å². The number of hydrogen-bond acceptors (Lipinski definition) is 17. The number of esters is 3. The van der Waals surface area contributed by atoms with Gasteiger partial charge in [0, 0.05) is 37.6 Å². The summed E-state index contributed by atoms with van der Waals surface area (Å²) in [6.45, 7) is 32.8. The van der Waals surface area contributed by atoms with E-state index >= 15 is 0 Å². The summed E-state index contributed by atoms with van der Waals surface area (Å²) in [7, 11) is 1.30. The van der Waals surface area contributed by atoms with E-state index < -0.39 is 55.5 Å². The Morgan fingerprint density at radius 3 is 1.24 bits per heavy atom. The Morgan fingerprint density at radius 2 is 0.959 bits per heavy atom. The molecule has 3 unspecified atom stereocenters. The zero-order valence-corrected chi connectivity index (χ0v) is 71.9. The minimum atomic E-state index is -1.24. The molecule has 4 aliphatic rings. The van der Waals surface area contributed by atoms with E-state index in [1.165, 1.54) is 25.5 Å². The molecule has 20 nitrogen and oxygen atoms in total. The van der Waals surface area contributed by atoms with Gasteiger partial charge in [0.15, 0.2) is 11.7 Å². The van der Waals surface area contributed by atoms with E-state index in [1.54, 1.807) is 64.5 Å². The van der Waals surface area contributed by atoms with Gasteiger partial charge in [0.2, 0.25) is 0 Å². The van der Waals surface area contributed by atoms with Crippen LogP contribution in [-0.4, -0.2) is 159 Å². The zero-order valence-electron chi connectivity index (χ0n) is 57.4. The number of aryl methyl sites for hydroxylation is 1. The summed E-state index contributed by atoms with van der Waals surface area (Å²) in [4.78, 5) is 32.8. The Balaban J connectivity index is -0.000000555. The van der Waals surface area contributed by atoms with Crippen LogP contribution in [0.2, 0.25) is 0 Å². The third-order valence-corrected chi connectivity index (χ3v) is 20.1. The minimum absolute atomic E-state index is 0. The molecule has 4 aromatic rings. The molecule has 4 N–H and O–H groups in total. The molecule has 549 valence electrons. The van der Waals surface area contributed by atoms with Crippen molar-refractivity contribution in [2.24, 2.45) is 10.1 Å². The van der Waals surface area contributed by atoms with Gasteiger partial charge in [-0.05, 0) is 172 Å². The second-order valence-electron chi connectivity index (χ2n) is 23.9. The summed E-state index contributed by atoms with van der Waals surface area (Å²) >= 11 is 15.0. The molecule has 4 saturated heterocycles. The molecule has 4 heterocycles. The van der Waals surface area contributed by atoms with Crippen LogP contribution < -0.4 is 29.4 Å². The van der Waals surface area contributed by atoms with Gasteiger partial charge in [0.1, 0.15) is 39.3 Å². The number of nitrogens with one attached hydrogen (secondary N) is 2. The summed E-state index contributed by atoms with van der Waals surface area (Å²) in [6.07, 6.45) is 0.424. The fourth-order valence-corrected chi connectivity index (χ4v) is 11.4. The molecular formula is C67H104B2Br3I2N4O16S3Zn. The van der Waals surface area contributed by atoms with Gasteiger partial charge in [-0.1, -0.05) is 84.5 Å². The Kier molecular flexibility index (Phi) is 52.8. The Morgan fingerprint density at radius 1 is 0.602 bits per heavy atom. The fourth-order valence-electron chi connectivity index (χ4n) is 7.87. The molecule has 4 aromatic carbocycles. The number of methoxy groups -OCH3 is 3. The standard InChI is InChI=1S/C18H27NO5S.C14H20BrNO3S.C14H19NO4.C7H6BrI.C7H13NO2S.C4H7O2.3CH4.BI.B.BrH.Zn/c1-6-24-16(20)10-13-7-8-14(15(9-13)22-5)18(11-23-12-18)19-25(21)17(2,3)4;1-13(2,3)20(17)16-14(8-19-9-14)11-6-5-10(15)7-12(11)18-4;1-3-19-13(16)7-10-4-5-11(12(6-10)17-2)14(15)8-18-9-14;1-5-4-6(8)2-3-7(5)9;1-7(2,3)11(9)8-6-4-10-5-6;1-3-6-4(2)5;;;;1-2;;;/h7-9,19H,6,10-12H2,1-5H3;5-7,16H,8-9H2,1-4H3;4-6H,3,7-9,15H2,1-2H3;2-4H,1H3;4-5H2,1-3H3;2-3H2,1H3;3*1H4;;;1H;/q;;;;;-1;;;;;;;+2/p-1. The van der Waals surface area contributed by atoms with E-state index in [4.69, 9.17) is 48.4 Å². The van der Waals surface area contributed by atoms with Crippen molar-refractivity contribution in [1.82, 2.24) is 9.44 Å². The van der Waals surface area contributed by atoms with Crippen LogP contribution in [-0.2, 0) is 126 Å². The molecule has 5 radical (unpaired) electrons. The van der Waals surface area contributed by atoms with Crippen LogP contribution in [0.5, 0.6) is 17.2 Å².